The fourth-order valence-electron chi connectivity index (χ4n) is 2.86. The summed E-state index contributed by atoms with van der Waals surface area (Å²) in [4.78, 5) is 14.9. The number of benzene rings is 1. The monoisotopic (exact) mass is 326 g/mol. The van der Waals surface area contributed by atoms with Gasteiger partial charge in [0.2, 0.25) is 0 Å². The van der Waals surface area contributed by atoms with Gasteiger partial charge in [-0.05, 0) is 54.5 Å². The molecule has 0 aliphatic heterocycles. The van der Waals surface area contributed by atoms with Gasteiger partial charge in [-0.3, -0.25) is 4.79 Å². The molecule has 2 N–H and O–H groups in total. The van der Waals surface area contributed by atoms with Crippen LogP contribution in [-0.4, -0.2) is 29.2 Å². The number of aromatic nitrogens is 1. The predicted molar refractivity (Wildman–Crippen MR) is 92.4 cm³/mol. The van der Waals surface area contributed by atoms with E-state index in [0.717, 1.165) is 31.0 Å². The highest BCUT2D eigenvalue weighted by Crippen LogP contribution is 2.49. The van der Waals surface area contributed by atoms with Crippen LogP contribution in [-0.2, 0) is 4.79 Å². The second-order valence-corrected chi connectivity index (χ2v) is 6.11. The second-order valence-electron chi connectivity index (χ2n) is 6.11. The lowest BCUT2D eigenvalue weighted by Crippen LogP contribution is -2.08. The van der Waals surface area contributed by atoms with Crippen molar-refractivity contribution >= 4 is 11.8 Å². The van der Waals surface area contributed by atoms with Gasteiger partial charge in [-0.15, -0.1) is 0 Å². The SMILES string of the molecule is O=C(O)CC1CC1c1ccc(OCCCNc2ccccn2)cc1. The highest BCUT2D eigenvalue weighted by atomic mass is 16.5. The Hall–Kier alpha value is -2.56. The van der Waals surface area contributed by atoms with E-state index >= 15 is 0 Å². The smallest absolute Gasteiger partial charge is 0.303 e. The molecule has 1 fully saturated rings. The number of pyridine rings is 1. The molecule has 5 nitrogen and oxygen atoms in total. The average Bonchev–Trinajstić information content (AvgIpc) is 3.34. The molecule has 5 heteroatoms. The van der Waals surface area contributed by atoms with Crippen LogP contribution in [0.1, 0.15) is 30.7 Å². The van der Waals surface area contributed by atoms with Crippen molar-refractivity contribution in [3.63, 3.8) is 0 Å². The van der Waals surface area contributed by atoms with E-state index in [1.165, 1.54) is 5.56 Å². The summed E-state index contributed by atoms with van der Waals surface area (Å²) in [5.41, 5.74) is 1.21. The number of carboxylic acids is 1. The minimum atomic E-state index is -0.707. The van der Waals surface area contributed by atoms with Gasteiger partial charge in [0.25, 0.3) is 0 Å². The van der Waals surface area contributed by atoms with E-state index in [1.54, 1.807) is 6.20 Å². The maximum atomic E-state index is 10.7. The molecule has 0 saturated heterocycles. The van der Waals surface area contributed by atoms with E-state index in [1.807, 2.05) is 42.5 Å². The number of ether oxygens (including phenoxy) is 1. The maximum Gasteiger partial charge on any atom is 0.303 e. The normalized spacial score (nSPS) is 18.8. The van der Waals surface area contributed by atoms with Gasteiger partial charge >= 0.3 is 5.97 Å². The molecular weight excluding hydrogens is 304 g/mol. The Kier molecular flexibility index (Phi) is 5.31. The molecule has 2 aromatic rings. The van der Waals surface area contributed by atoms with Gasteiger partial charge in [0, 0.05) is 19.2 Å². The number of rotatable bonds is 9. The van der Waals surface area contributed by atoms with Gasteiger partial charge in [0.15, 0.2) is 0 Å². The van der Waals surface area contributed by atoms with E-state index in [-0.39, 0.29) is 6.42 Å². The fourth-order valence-corrected chi connectivity index (χ4v) is 2.86. The van der Waals surface area contributed by atoms with Crippen molar-refractivity contribution in [1.29, 1.82) is 0 Å². The molecule has 1 aromatic carbocycles. The van der Waals surface area contributed by atoms with Crippen molar-refractivity contribution in [2.45, 2.75) is 25.2 Å². The predicted octanol–water partition coefficient (Wildman–Crippen LogP) is 3.54. The lowest BCUT2D eigenvalue weighted by Gasteiger charge is -2.08. The molecule has 0 spiro atoms. The van der Waals surface area contributed by atoms with E-state index in [9.17, 15) is 4.79 Å². The van der Waals surface area contributed by atoms with Gasteiger partial charge in [-0.2, -0.15) is 0 Å². The van der Waals surface area contributed by atoms with Gasteiger partial charge < -0.3 is 15.2 Å². The van der Waals surface area contributed by atoms with E-state index in [0.29, 0.717) is 18.4 Å². The topological polar surface area (TPSA) is 71.5 Å². The van der Waals surface area contributed by atoms with Crippen LogP contribution in [0.2, 0.25) is 0 Å². The molecule has 3 rings (SSSR count). The molecule has 0 radical (unpaired) electrons. The third-order valence-corrected chi connectivity index (χ3v) is 4.23. The summed E-state index contributed by atoms with van der Waals surface area (Å²) in [6.07, 6.45) is 3.90. The average molecular weight is 326 g/mol. The Bertz CT molecular complexity index is 658. The first-order valence-corrected chi connectivity index (χ1v) is 8.32. The molecule has 1 saturated carbocycles. The second kappa shape index (κ2) is 7.81. The first kappa shape index (κ1) is 16.3. The number of nitrogens with zero attached hydrogens (tertiary/aromatic N) is 1. The molecule has 2 unspecified atom stereocenters. The van der Waals surface area contributed by atoms with Gasteiger partial charge in [-0.25, -0.2) is 4.98 Å². The van der Waals surface area contributed by atoms with Crippen LogP contribution in [0, 0.1) is 5.92 Å². The number of anilines is 1. The van der Waals surface area contributed by atoms with Crippen molar-refractivity contribution < 1.29 is 14.6 Å². The van der Waals surface area contributed by atoms with Crippen LogP contribution in [0.15, 0.2) is 48.7 Å². The van der Waals surface area contributed by atoms with Crippen LogP contribution < -0.4 is 10.1 Å². The van der Waals surface area contributed by atoms with E-state index < -0.39 is 5.97 Å². The van der Waals surface area contributed by atoms with Gasteiger partial charge in [0.05, 0.1) is 6.61 Å². The molecule has 24 heavy (non-hydrogen) atoms. The molecule has 1 heterocycles. The van der Waals surface area contributed by atoms with Crippen molar-refractivity contribution in [1.82, 2.24) is 4.98 Å². The Morgan fingerprint density at radius 3 is 2.79 bits per heavy atom. The standard InChI is InChI=1S/C19H22N2O3/c22-19(23)13-15-12-17(15)14-5-7-16(8-6-14)24-11-3-10-21-18-4-1-2-9-20-18/h1-2,4-9,15,17H,3,10-13H2,(H,20,21)(H,22,23). The number of aliphatic carboxylic acids is 1. The summed E-state index contributed by atoms with van der Waals surface area (Å²) in [5, 5.41) is 12.1. The number of carboxylic acid groups (broad SMARTS) is 1. The number of carbonyl (C=O) groups is 1. The van der Waals surface area contributed by atoms with Crippen LogP contribution in [0.3, 0.4) is 0 Å². The zero-order valence-corrected chi connectivity index (χ0v) is 13.5. The lowest BCUT2D eigenvalue weighted by atomic mass is 10.1. The molecular formula is C19H22N2O3. The lowest BCUT2D eigenvalue weighted by molar-refractivity contribution is -0.137. The van der Waals surface area contributed by atoms with E-state index in [4.69, 9.17) is 9.84 Å². The molecule has 1 aromatic heterocycles. The molecule has 0 bridgehead atoms. The molecule has 2 atom stereocenters. The number of hydrogen-bond donors (Lipinski definition) is 2. The molecule has 1 aliphatic rings. The third kappa shape index (κ3) is 4.72. The minimum Gasteiger partial charge on any atom is -0.494 e. The summed E-state index contributed by atoms with van der Waals surface area (Å²) >= 11 is 0. The van der Waals surface area contributed by atoms with E-state index in [2.05, 4.69) is 10.3 Å². The minimum absolute atomic E-state index is 0.270. The summed E-state index contributed by atoms with van der Waals surface area (Å²) < 4.78 is 5.74. The Balaban J connectivity index is 1.35. The van der Waals surface area contributed by atoms with Gasteiger partial charge in [0.1, 0.15) is 11.6 Å². The van der Waals surface area contributed by atoms with Crippen molar-refractivity contribution in [2.75, 3.05) is 18.5 Å². The fraction of sp³-hybridized carbons (Fsp3) is 0.368. The van der Waals surface area contributed by atoms with Crippen molar-refractivity contribution in [3.05, 3.63) is 54.2 Å². The number of hydrogen-bond acceptors (Lipinski definition) is 4. The van der Waals surface area contributed by atoms with Crippen LogP contribution in [0.5, 0.6) is 5.75 Å². The summed E-state index contributed by atoms with van der Waals surface area (Å²) in [7, 11) is 0. The number of nitrogens with one attached hydrogen (secondary N) is 1. The summed E-state index contributed by atoms with van der Waals surface area (Å²) in [5.74, 6) is 1.72. The Morgan fingerprint density at radius 1 is 1.25 bits per heavy atom. The first-order chi connectivity index (χ1) is 11.7. The third-order valence-electron chi connectivity index (χ3n) is 4.23. The largest absolute Gasteiger partial charge is 0.494 e. The summed E-state index contributed by atoms with van der Waals surface area (Å²) in [6.45, 7) is 1.46. The molecule has 0 amide bonds. The van der Waals surface area contributed by atoms with Gasteiger partial charge in [-0.1, -0.05) is 18.2 Å². The zero-order chi connectivity index (χ0) is 16.8. The first-order valence-electron chi connectivity index (χ1n) is 8.32. The molecule has 1 aliphatic carbocycles. The van der Waals surface area contributed by atoms with Crippen molar-refractivity contribution in [3.8, 4) is 5.75 Å². The highest BCUT2D eigenvalue weighted by Gasteiger charge is 2.39. The Morgan fingerprint density at radius 2 is 2.08 bits per heavy atom. The summed E-state index contributed by atoms with van der Waals surface area (Å²) in [6, 6.07) is 13.8. The zero-order valence-electron chi connectivity index (χ0n) is 13.5. The van der Waals surface area contributed by atoms with Crippen LogP contribution in [0.25, 0.3) is 0 Å². The van der Waals surface area contributed by atoms with Crippen LogP contribution >= 0.6 is 0 Å². The molecule has 126 valence electrons. The quantitative estimate of drug-likeness (QED) is 0.690. The maximum absolute atomic E-state index is 10.7. The highest BCUT2D eigenvalue weighted by molar-refractivity contribution is 5.67. The Labute approximate surface area is 141 Å². The van der Waals surface area contributed by atoms with Crippen LogP contribution in [0.4, 0.5) is 5.82 Å². The van der Waals surface area contributed by atoms with Crippen molar-refractivity contribution in [2.24, 2.45) is 5.92 Å².